The van der Waals surface area contributed by atoms with Crippen LogP contribution in [0.3, 0.4) is 0 Å². The Labute approximate surface area is 123 Å². The lowest BCUT2D eigenvalue weighted by Gasteiger charge is -2.32. The highest BCUT2D eigenvalue weighted by Gasteiger charge is 2.19. The molecule has 1 saturated heterocycles. The first-order valence-corrected chi connectivity index (χ1v) is 7.67. The van der Waals surface area contributed by atoms with E-state index in [1.807, 2.05) is 13.1 Å². The van der Waals surface area contributed by atoms with Gasteiger partial charge in [0.2, 0.25) is 0 Å². The Morgan fingerprint density at radius 1 is 1.50 bits per heavy atom. The van der Waals surface area contributed by atoms with Crippen LogP contribution >= 0.6 is 27.5 Å². The third-order valence-corrected chi connectivity index (χ3v) is 4.70. The van der Waals surface area contributed by atoms with Gasteiger partial charge in [0.05, 0.1) is 5.02 Å². The van der Waals surface area contributed by atoms with Gasteiger partial charge in [-0.2, -0.15) is 0 Å². The van der Waals surface area contributed by atoms with Crippen molar-refractivity contribution in [1.29, 1.82) is 0 Å². The molecule has 1 unspecified atom stereocenters. The van der Waals surface area contributed by atoms with Gasteiger partial charge in [-0.05, 0) is 72.5 Å². The van der Waals surface area contributed by atoms with E-state index in [-0.39, 0.29) is 0 Å². The Hall–Kier alpha value is -0.0900. The molecule has 1 aliphatic heterocycles. The van der Waals surface area contributed by atoms with E-state index < -0.39 is 0 Å². The second-order valence-electron chi connectivity index (χ2n) is 5.05. The average Bonchev–Trinajstić information content (AvgIpc) is 2.35. The molecule has 1 fully saturated rings. The molecule has 1 aliphatic rings. The minimum Gasteiger partial charge on any atom is -0.319 e. The Kier molecular flexibility index (Phi) is 5.49. The standard InChI is InChI=1S/C14H20BrClN2/c1-17-8-12-3-2-6-18(10-12)9-11-4-5-14(16)13(15)7-11/h4-5,7,12,17H,2-3,6,8-10H2,1H3. The van der Waals surface area contributed by atoms with E-state index >= 15 is 0 Å². The summed E-state index contributed by atoms with van der Waals surface area (Å²) in [7, 11) is 2.04. The summed E-state index contributed by atoms with van der Waals surface area (Å²) in [6.07, 6.45) is 2.66. The van der Waals surface area contributed by atoms with Gasteiger partial charge in [-0.15, -0.1) is 0 Å². The molecule has 0 amide bonds. The number of likely N-dealkylation sites (tertiary alicyclic amines) is 1. The van der Waals surface area contributed by atoms with E-state index in [0.717, 1.165) is 28.5 Å². The predicted molar refractivity (Wildman–Crippen MR) is 81.1 cm³/mol. The normalized spacial score (nSPS) is 21.2. The fourth-order valence-electron chi connectivity index (χ4n) is 2.65. The largest absolute Gasteiger partial charge is 0.319 e. The monoisotopic (exact) mass is 330 g/mol. The molecule has 0 aliphatic carbocycles. The highest BCUT2D eigenvalue weighted by Crippen LogP contribution is 2.25. The molecule has 100 valence electrons. The van der Waals surface area contributed by atoms with Gasteiger partial charge in [0.1, 0.15) is 0 Å². The summed E-state index contributed by atoms with van der Waals surface area (Å²) in [5.41, 5.74) is 1.33. The highest BCUT2D eigenvalue weighted by atomic mass is 79.9. The maximum Gasteiger partial charge on any atom is 0.0548 e. The van der Waals surface area contributed by atoms with Crippen molar-refractivity contribution in [3.05, 3.63) is 33.3 Å². The van der Waals surface area contributed by atoms with E-state index in [0.29, 0.717) is 0 Å². The van der Waals surface area contributed by atoms with E-state index in [1.54, 1.807) is 0 Å². The molecule has 0 spiro atoms. The Morgan fingerprint density at radius 2 is 2.33 bits per heavy atom. The maximum atomic E-state index is 6.02. The van der Waals surface area contributed by atoms with Gasteiger partial charge >= 0.3 is 0 Å². The molecule has 1 atom stereocenters. The lowest BCUT2D eigenvalue weighted by Crippen LogP contribution is -2.38. The zero-order valence-corrected chi connectivity index (χ0v) is 13.1. The van der Waals surface area contributed by atoms with Gasteiger partial charge < -0.3 is 5.32 Å². The van der Waals surface area contributed by atoms with Crippen molar-refractivity contribution in [3.63, 3.8) is 0 Å². The summed E-state index contributed by atoms with van der Waals surface area (Å²) < 4.78 is 0.991. The van der Waals surface area contributed by atoms with Crippen molar-refractivity contribution >= 4 is 27.5 Å². The molecule has 1 aromatic rings. The second kappa shape index (κ2) is 6.90. The lowest BCUT2D eigenvalue weighted by atomic mass is 9.97. The predicted octanol–water partition coefficient (Wildman–Crippen LogP) is 3.53. The summed E-state index contributed by atoms with van der Waals surface area (Å²) >= 11 is 9.51. The van der Waals surface area contributed by atoms with Gasteiger partial charge in [0, 0.05) is 17.6 Å². The molecular weight excluding hydrogens is 312 g/mol. The summed E-state index contributed by atoms with van der Waals surface area (Å²) in [6.45, 7) is 4.55. The Balaban J connectivity index is 1.93. The van der Waals surface area contributed by atoms with E-state index in [4.69, 9.17) is 11.6 Å². The van der Waals surface area contributed by atoms with E-state index in [1.165, 1.54) is 31.5 Å². The molecule has 0 bridgehead atoms. The van der Waals surface area contributed by atoms with E-state index in [2.05, 4.69) is 38.3 Å². The fraction of sp³-hybridized carbons (Fsp3) is 0.571. The third-order valence-electron chi connectivity index (χ3n) is 3.49. The van der Waals surface area contributed by atoms with Gasteiger partial charge in [-0.25, -0.2) is 0 Å². The molecule has 2 nitrogen and oxygen atoms in total. The van der Waals surface area contributed by atoms with Crippen molar-refractivity contribution in [3.8, 4) is 0 Å². The molecule has 18 heavy (non-hydrogen) atoms. The van der Waals surface area contributed by atoms with Crippen molar-refractivity contribution in [2.24, 2.45) is 5.92 Å². The average molecular weight is 332 g/mol. The number of hydrogen-bond acceptors (Lipinski definition) is 2. The molecule has 1 aromatic carbocycles. The molecule has 0 saturated carbocycles. The Morgan fingerprint density at radius 3 is 3.06 bits per heavy atom. The molecule has 1 heterocycles. The molecule has 4 heteroatoms. The smallest absolute Gasteiger partial charge is 0.0548 e. The van der Waals surface area contributed by atoms with Gasteiger partial charge in [0.25, 0.3) is 0 Å². The topological polar surface area (TPSA) is 15.3 Å². The van der Waals surface area contributed by atoms with Gasteiger partial charge in [-0.1, -0.05) is 17.7 Å². The number of benzene rings is 1. The summed E-state index contributed by atoms with van der Waals surface area (Å²) in [4.78, 5) is 2.54. The van der Waals surface area contributed by atoms with Crippen LogP contribution in [0.15, 0.2) is 22.7 Å². The quantitative estimate of drug-likeness (QED) is 0.908. The van der Waals surface area contributed by atoms with Crippen molar-refractivity contribution < 1.29 is 0 Å². The molecule has 0 aromatic heterocycles. The van der Waals surface area contributed by atoms with Crippen LogP contribution in [0.1, 0.15) is 18.4 Å². The zero-order valence-electron chi connectivity index (χ0n) is 10.8. The number of nitrogens with zero attached hydrogens (tertiary/aromatic N) is 1. The number of halogens is 2. The molecular formula is C14H20BrClN2. The summed E-state index contributed by atoms with van der Waals surface area (Å²) in [6, 6.07) is 6.22. The zero-order chi connectivity index (χ0) is 13.0. The van der Waals surface area contributed by atoms with Crippen LogP contribution < -0.4 is 5.32 Å². The maximum absolute atomic E-state index is 6.02. The SMILES string of the molecule is CNCC1CCCN(Cc2ccc(Cl)c(Br)c2)C1. The Bertz CT molecular complexity index is 395. The minimum absolute atomic E-state index is 0.783. The third kappa shape index (κ3) is 3.95. The van der Waals surface area contributed by atoms with Crippen molar-refractivity contribution in [2.45, 2.75) is 19.4 Å². The van der Waals surface area contributed by atoms with Gasteiger partial charge in [0.15, 0.2) is 0 Å². The first-order chi connectivity index (χ1) is 8.69. The van der Waals surface area contributed by atoms with Crippen LogP contribution in [0.5, 0.6) is 0 Å². The van der Waals surface area contributed by atoms with Crippen LogP contribution in [0.2, 0.25) is 5.02 Å². The molecule has 1 N–H and O–H groups in total. The highest BCUT2D eigenvalue weighted by molar-refractivity contribution is 9.10. The minimum atomic E-state index is 0.783. The second-order valence-corrected chi connectivity index (χ2v) is 6.31. The number of piperidine rings is 1. The van der Waals surface area contributed by atoms with Crippen molar-refractivity contribution in [1.82, 2.24) is 10.2 Å². The van der Waals surface area contributed by atoms with Crippen LogP contribution in [-0.4, -0.2) is 31.6 Å². The van der Waals surface area contributed by atoms with Gasteiger partial charge in [-0.3, -0.25) is 4.90 Å². The lowest BCUT2D eigenvalue weighted by molar-refractivity contribution is 0.167. The number of nitrogens with one attached hydrogen (secondary N) is 1. The van der Waals surface area contributed by atoms with Crippen LogP contribution in [-0.2, 0) is 6.54 Å². The van der Waals surface area contributed by atoms with Crippen molar-refractivity contribution in [2.75, 3.05) is 26.7 Å². The number of hydrogen-bond donors (Lipinski definition) is 1. The summed E-state index contributed by atoms with van der Waals surface area (Å²) in [5, 5.41) is 4.07. The summed E-state index contributed by atoms with van der Waals surface area (Å²) in [5.74, 6) is 0.791. The fourth-order valence-corrected chi connectivity index (χ4v) is 3.19. The van der Waals surface area contributed by atoms with Crippen LogP contribution in [0.4, 0.5) is 0 Å². The number of rotatable bonds is 4. The van der Waals surface area contributed by atoms with Crippen LogP contribution in [0, 0.1) is 5.92 Å². The van der Waals surface area contributed by atoms with Crippen LogP contribution in [0.25, 0.3) is 0 Å². The molecule has 2 rings (SSSR count). The first kappa shape index (κ1) is 14.3. The van der Waals surface area contributed by atoms with E-state index in [9.17, 15) is 0 Å². The first-order valence-electron chi connectivity index (χ1n) is 6.50. The molecule has 0 radical (unpaired) electrons.